The number of aromatic nitrogens is 2. The van der Waals surface area contributed by atoms with Crippen molar-refractivity contribution >= 4 is 29.3 Å². The number of nitrogens with zero attached hydrogens (tertiary/aromatic N) is 2. The fourth-order valence-corrected chi connectivity index (χ4v) is 3.01. The van der Waals surface area contributed by atoms with Gasteiger partial charge in [0, 0.05) is 0 Å². The van der Waals surface area contributed by atoms with E-state index >= 15 is 0 Å². The van der Waals surface area contributed by atoms with E-state index in [-0.39, 0.29) is 30.1 Å². The first-order valence-electron chi connectivity index (χ1n) is 9.26. The van der Waals surface area contributed by atoms with E-state index in [1.54, 1.807) is 31.2 Å². The number of amides is 1. The molecule has 1 aromatic heterocycles. The maximum Gasteiger partial charge on any atom is 0.340 e. The van der Waals surface area contributed by atoms with Crippen LogP contribution in [0.5, 0.6) is 5.75 Å². The zero-order valence-electron chi connectivity index (χ0n) is 16.6. The van der Waals surface area contributed by atoms with Crippen LogP contribution >= 0.6 is 11.8 Å². The summed E-state index contributed by atoms with van der Waals surface area (Å²) in [5, 5.41) is 10.8. The molecule has 0 aliphatic rings. The molecule has 1 amide bonds. The number of thioether (sulfide) groups is 1. The Bertz CT molecular complexity index is 1000. The van der Waals surface area contributed by atoms with Gasteiger partial charge in [-0.1, -0.05) is 41.6 Å². The van der Waals surface area contributed by atoms with Gasteiger partial charge in [0.15, 0.2) is 6.61 Å². The number of hydrogen-bond acceptors (Lipinski definition) is 8. The molecule has 0 saturated carbocycles. The van der Waals surface area contributed by atoms with Crippen molar-refractivity contribution in [3.05, 3.63) is 65.5 Å². The summed E-state index contributed by atoms with van der Waals surface area (Å²) >= 11 is 1.09. The molecule has 8 nitrogen and oxygen atoms in total. The van der Waals surface area contributed by atoms with Crippen molar-refractivity contribution in [2.24, 2.45) is 0 Å². The highest BCUT2D eigenvalue weighted by molar-refractivity contribution is 7.99. The van der Waals surface area contributed by atoms with E-state index in [1.165, 1.54) is 0 Å². The fourth-order valence-electron chi connectivity index (χ4n) is 2.43. The number of ether oxygens (including phenoxy) is 2. The zero-order chi connectivity index (χ0) is 21.3. The Hall–Kier alpha value is -3.33. The number of nitrogens with one attached hydrogen (secondary N) is 1. The van der Waals surface area contributed by atoms with E-state index in [9.17, 15) is 9.59 Å². The summed E-state index contributed by atoms with van der Waals surface area (Å²) in [6.45, 7) is 4.11. The molecule has 1 N–H and O–H groups in total. The molecule has 2 aromatic carbocycles. The summed E-state index contributed by atoms with van der Waals surface area (Å²) in [7, 11) is 0. The van der Waals surface area contributed by atoms with E-state index < -0.39 is 5.97 Å². The number of benzene rings is 2. The average molecular weight is 427 g/mol. The number of rotatable bonds is 9. The molecular formula is C21H21N3O5S. The van der Waals surface area contributed by atoms with Crippen LogP contribution in [0.2, 0.25) is 0 Å². The van der Waals surface area contributed by atoms with Gasteiger partial charge in [0.05, 0.1) is 23.6 Å². The maximum absolute atomic E-state index is 12.3. The van der Waals surface area contributed by atoms with E-state index in [0.29, 0.717) is 22.9 Å². The summed E-state index contributed by atoms with van der Waals surface area (Å²) in [5.74, 6) is 0.250. The first-order valence-corrected chi connectivity index (χ1v) is 10.2. The third kappa shape index (κ3) is 6.08. The van der Waals surface area contributed by atoms with Gasteiger partial charge in [0.25, 0.3) is 11.1 Å². The molecule has 0 bridgehead atoms. The van der Waals surface area contributed by atoms with Gasteiger partial charge < -0.3 is 19.2 Å². The van der Waals surface area contributed by atoms with E-state index in [2.05, 4.69) is 15.5 Å². The van der Waals surface area contributed by atoms with Crippen molar-refractivity contribution in [1.82, 2.24) is 10.2 Å². The number of anilines is 1. The molecule has 1 heterocycles. The number of para-hydroxylation sites is 1. The number of carbonyl (C=O) groups is 2. The minimum absolute atomic E-state index is 0.0393. The standard InChI is InChI=1S/C21H21N3O5S/c1-3-27-20(26)16-6-4-5-7-17(16)22-18(25)13-30-21-24-23-19(29-21)12-28-15-10-8-14(2)9-11-15/h4-11H,3,12-13H2,1-2H3,(H,22,25). The molecule has 0 radical (unpaired) electrons. The van der Waals surface area contributed by atoms with Crippen LogP contribution in [-0.2, 0) is 16.1 Å². The van der Waals surface area contributed by atoms with E-state index in [1.807, 2.05) is 31.2 Å². The highest BCUT2D eigenvalue weighted by Gasteiger charge is 2.15. The molecule has 0 aliphatic carbocycles. The minimum atomic E-state index is -0.490. The molecule has 3 rings (SSSR count). The Morgan fingerprint density at radius 1 is 1.10 bits per heavy atom. The summed E-state index contributed by atoms with van der Waals surface area (Å²) < 4.78 is 16.1. The predicted molar refractivity (Wildman–Crippen MR) is 112 cm³/mol. The normalized spacial score (nSPS) is 10.5. The van der Waals surface area contributed by atoms with Gasteiger partial charge in [-0.15, -0.1) is 10.2 Å². The number of carbonyl (C=O) groups excluding carboxylic acids is 2. The van der Waals surface area contributed by atoms with Crippen molar-refractivity contribution in [2.75, 3.05) is 17.7 Å². The molecule has 0 spiro atoms. The summed E-state index contributed by atoms with van der Waals surface area (Å²) in [5.41, 5.74) is 1.83. The molecule has 0 atom stereocenters. The lowest BCUT2D eigenvalue weighted by Crippen LogP contribution is -2.17. The smallest absolute Gasteiger partial charge is 0.340 e. The van der Waals surface area contributed by atoms with Gasteiger partial charge in [-0.25, -0.2) is 4.79 Å². The number of aryl methyl sites for hydroxylation is 1. The predicted octanol–water partition coefficient (Wildman–Crippen LogP) is 3.86. The molecule has 156 valence electrons. The second-order valence-electron chi connectivity index (χ2n) is 6.17. The second kappa shape index (κ2) is 10.4. The zero-order valence-corrected chi connectivity index (χ0v) is 17.4. The molecule has 0 fully saturated rings. The topological polar surface area (TPSA) is 104 Å². The second-order valence-corrected chi connectivity index (χ2v) is 7.09. The molecule has 0 unspecified atom stereocenters. The Labute approximate surface area is 178 Å². The van der Waals surface area contributed by atoms with Crippen molar-refractivity contribution < 1.29 is 23.5 Å². The van der Waals surface area contributed by atoms with Gasteiger partial charge in [0.2, 0.25) is 5.91 Å². The van der Waals surface area contributed by atoms with E-state index in [4.69, 9.17) is 13.9 Å². The minimum Gasteiger partial charge on any atom is -0.484 e. The van der Waals surface area contributed by atoms with Crippen LogP contribution in [0.3, 0.4) is 0 Å². The lowest BCUT2D eigenvalue weighted by molar-refractivity contribution is -0.113. The SMILES string of the molecule is CCOC(=O)c1ccccc1NC(=O)CSc1nnc(COc2ccc(C)cc2)o1. The fraction of sp³-hybridized carbons (Fsp3) is 0.238. The largest absolute Gasteiger partial charge is 0.484 e. The van der Waals surface area contributed by atoms with Crippen LogP contribution < -0.4 is 10.1 Å². The van der Waals surface area contributed by atoms with Crippen molar-refractivity contribution in [2.45, 2.75) is 25.7 Å². The van der Waals surface area contributed by atoms with Crippen LogP contribution in [0.4, 0.5) is 5.69 Å². The Morgan fingerprint density at radius 3 is 2.63 bits per heavy atom. The molecule has 0 aliphatic heterocycles. The Kier molecular flexibility index (Phi) is 7.45. The first-order chi connectivity index (χ1) is 14.5. The number of hydrogen-bond donors (Lipinski definition) is 1. The monoisotopic (exact) mass is 427 g/mol. The summed E-state index contributed by atoms with van der Waals surface area (Å²) in [6.07, 6.45) is 0. The summed E-state index contributed by atoms with van der Waals surface area (Å²) in [6, 6.07) is 14.3. The van der Waals surface area contributed by atoms with Gasteiger partial charge >= 0.3 is 5.97 Å². The summed E-state index contributed by atoms with van der Waals surface area (Å²) in [4.78, 5) is 24.3. The Balaban J connectivity index is 1.50. The third-order valence-corrected chi connectivity index (χ3v) is 4.67. The van der Waals surface area contributed by atoms with Gasteiger partial charge in [0.1, 0.15) is 5.75 Å². The highest BCUT2D eigenvalue weighted by atomic mass is 32.2. The average Bonchev–Trinajstić information content (AvgIpc) is 3.20. The lowest BCUT2D eigenvalue weighted by Gasteiger charge is -2.09. The van der Waals surface area contributed by atoms with Crippen LogP contribution in [0.1, 0.15) is 28.7 Å². The molecule has 0 saturated heterocycles. The van der Waals surface area contributed by atoms with Crippen LogP contribution in [0.25, 0.3) is 0 Å². The molecular weight excluding hydrogens is 406 g/mol. The van der Waals surface area contributed by atoms with Crippen molar-refractivity contribution in [1.29, 1.82) is 0 Å². The van der Waals surface area contributed by atoms with Gasteiger partial charge in [-0.3, -0.25) is 4.79 Å². The Morgan fingerprint density at radius 2 is 1.87 bits per heavy atom. The quantitative estimate of drug-likeness (QED) is 0.405. The highest BCUT2D eigenvalue weighted by Crippen LogP contribution is 2.20. The first kappa shape index (κ1) is 21.4. The maximum atomic E-state index is 12.3. The van der Waals surface area contributed by atoms with Crippen molar-refractivity contribution in [3.63, 3.8) is 0 Å². The van der Waals surface area contributed by atoms with Crippen molar-refractivity contribution in [3.8, 4) is 5.75 Å². The van der Waals surface area contributed by atoms with Crippen LogP contribution in [0.15, 0.2) is 58.2 Å². The lowest BCUT2D eigenvalue weighted by atomic mass is 10.2. The molecule has 30 heavy (non-hydrogen) atoms. The van der Waals surface area contributed by atoms with Gasteiger partial charge in [-0.05, 0) is 38.1 Å². The van der Waals surface area contributed by atoms with Crippen LogP contribution in [0, 0.1) is 6.92 Å². The van der Waals surface area contributed by atoms with Gasteiger partial charge in [-0.2, -0.15) is 0 Å². The molecule has 9 heteroatoms. The number of esters is 1. The van der Waals surface area contributed by atoms with E-state index in [0.717, 1.165) is 17.3 Å². The molecule has 3 aromatic rings. The third-order valence-electron chi connectivity index (χ3n) is 3.85. The van der Waals surface area contributed by atoms with Crippen LogP contribution in [-0.4, -0.2) is 34.4 Å².